The molecule has 0 radical (unpaired) electrons. The first-order chi connectivity index (χ1) is 8.30. The zero-order chi connectivity index (χ0) is 13.8. The number of nitro groups is 1. The molecule has 0 aliphatic heterocycles. The molecule has 0 aromatic carbocycles. The first-order valence-electron chi connectivity index (χ1n) is 5.79. The molecule has 0 aliphatic rings. The fourth-order valence-electron chi connectivity index (χ4n) is 1.84. The Morgan fingerprint density at radius 2 is 2.11 bits per heavy atom. The van der Waals surface area contributed by atoms with E-state index < -0.39 is 4.92 Å². The van der Waals surface area contributed by atoms with Crippen LogP contribution in [0.4, 0.5) is 11.5 Å². The van der Waals surface area contributed by atoms with Gasteiger partial charge in [-0.3, -0.25) is 10.1 Å². The van der Waals surface area contributed by atoms with Crippen LogP contribution in [0.3, 0.4) is 0 Å². The molecule has 1 aromatic heterocycles. The number of anilines is 1. The Balaban J connectivity index is 2.55. The van der Waals surface area contributed by atoms with E-state index in [4.69, 9.17) is 0 Å². The number of aromatic nitrogens is 1. The van der Waals surface area contributed by atoms with Gasteiger partial charge in [-0.05, 0) is 25.6 Å². The molecule has 0 amide bonds. The number of nitrogens with one attached hydrogen (secondary N) is 1. The van der Waals surface area contributed by atoms with Crippen molar-refractivity contribution in [1.82, 2.24) is 9.88 Å². The molecule has 18 heavy (non-hydrogen) atoms. The van der Waals surface area contributed by atoms with Crippen LogP contribution < -0.4 is 5.32 Å². The summed E-state index contributed by atoms with van der Waals surface area (Å²) in [7, 11) is 4.07. The molecular formula is C12H20N4O2. The van der Waals surface area contributed by atoms with Gasteiger partial charge < -0.3 is 10.2 Å². The fourth-order valence-corrected chi connectivity index (χ4v) is 1.84. The molecule has 0 saturated heterocycles. The zero-order valence-electron chi connectivity index (χ0n) is 11.3. The van der Waals surface area contributed by atoms with Crippen LogP contribution in [0.25, 0.3) is 0 Å². The Hall–Kier alpha value is -1.69. The fraction of sp³-hybridized carbons (Fsp3) is 0.583. The SMILES string of the molecule is CN(C)CC(C)(C)CNc1ccc([N+](=O)[O-])cn1. The van der Waals surface area contributed by atoms with E-state index in [1.54, 1.807) is 6.07 Å². The molecule has 1 aromatic rings. The quantitative estimate of drug-likeness (QED) is 0.619. The van der Waals surface area contributed by atoms with E-state index in [0.717, 1.165) is 13.1 Å². The summed E-state index contributed by atoms with van der Waals surface area (Å²) in [5.41, 5.74) is 0.112. The standard InChI is InChI=1S/C12H20N4O2/c1-12(2,9-15(3)4)8-14-11-6-5-10(7-13-11)16(17)18/h5-7H,8-9H2,1-4H3,(H,13,14). The van der Waals surface area contributed by atoms with Crippen LogP contribution in [0.1, 0.15) is 13.8 Å². The summed E-state index contributed by atoms with van der Waals surface area (Å²) in [6.07, 6.45) is 1.27. The molecule has 1 N–H and O–H groups in total. The van der Waals surface area contributed by atoms with Crippen LogP contribution in [-0.4, -0.2) is 42.0 Å². The minimum atomic E-state index is -0.452. The summed E-state index contributed by atoms with van der Waals surface area (Å²) < 4.78 is 0. The van der Waals surface area contributed by atoms with Crippen LogP contribution in [0.15, 0.2) is 18.3 Å². The minimum absolute atomic E-state index is 0.00750. The molecule has 0 spiro atoms. The Morgan fingerprint density at radius 1 is 1.44 bits per heavy atom. The summed E-state index contributed by atoms with van der Waals surface area (Å²) >= 11 is 0. The van der Waals surface area contributed by atoms with E-state index in [1.165, 1.54) is 12.3 Å². The summed E-state index contributed by atoms with van der Waals surface area (Å²) in [6.45, 7) is 6.03. The largest absolute Gasteiger partial charge is 0.369 e. The van der Waals surface area contributed by atoms with Gasteiger partial charge in [0.15, 0.2) is 0 Å². The van der Waals surface area contributed by atoms with E-state index >= 15 is 0 Å². The predicted octanol–water partition coefficient (Wildman–Crippen LogP) is 1.99. The smallest absolute Gasteiger partial charge is 0.287 e. The molecule has 1 rings (SSSR count). The second kappa shape index (κ2) is 5.77. The Bertz CT molecular complexity index is 401. The lowest BCUT2D eigenvalue weighted by atomic mass is 9.93. The second-order valence-corrected chi connectivity index (χ2v) is 5.41. The van der Waals surface area contributed by atoms with Crippen molar-refractivity contribution < 1.29 is 4.92 Å². The van der Waals surface area contributed by atoms with E-state index in [2.05, 4.69) is 29.0 Å². The summed E-state index contributed by atoms with van der Waals surface area (Å²) in [4.78, 5) is 16.2. The van der Waals surface area contributed by atoms with Gasteiger partial charge >= 0.3 is 0 Å². The number of hydrogen-bond donors (Lipinski definition) is 1. The Kier molecular flexibility index (Phi) is 4.61. The van der Waals surface area contributed by atoms with Crippen molar-refractivity contribution >= 4 is 11.5 Å². The van der Waals surface area contributed by atoms with Crippen molar-refractivity contribution in [3.63, 3.8) is 0 Å². The van der Waals surface area contributed by atoms with Gasteiger partial charge in [0.1, 0.15) is 12.0 Å². The summed E-state index contributed by atoms with van der Waals surface area (Å²) in [5, 5.41) is 13.7. The molecule has 0 fully saturated rings. The number of pyridine rings is 1. The van der Waals surface area contributed by atoms with Crippen LogP contribution in [0.2, 0.25) is 0 Å². The van der Waals surface area contributed by atoms with Crippen molar-refractivity contribution in [3.8, 4) is 0 Å². The topological polar surface area (TPSA) is 71.3 Å². The van der Waals surface area contributed by atoms with Crippen LogP contribution >= 0.6 is 0 Å². The Morgan fingerprint density at radius 3 is 2.56 bits per heavy atom. The number of hydrogen-bond acceptors (Lipinski definition) is 5. The molecule has 100 valence electrons. The molecule has 6 nitrogen and oxygen atoms in total. The molecule has 6 heteroatoms. The average Bonchev–Trinajstić information content (AvgIpc) is 2.25. The Labute approximate surface area is 107 Å². The molecular weight excluding hydrogens is 232 g/mol. The van der Waals surface area contributed by atoms with Crippen molar-refractivity contribution in [2.45, 2.75) is 13.8 Å². The lowest BCUT2D eigenvalue weighted by Gasteiger charge is -2.28. The van der Waals surface area contributed by atoms with Crippen molar-refractivity contribution in [3.05, 3.63) is 28.4 Å². The molecule has 1 heterocycles. The highest BCUT2D eigenvalue weighted by Gasteiger charge is 2.18. The lowest BCUT2D eigenvalue weighted by Crippen LogP contribution is -2.34. The first kappa shape index (κ1) is 14.4. The van der Waals surface area contributed by atoms with Gasteiger partial charge in [-0.25, -0.2) is 4.98 Å². The van der Waals surface area contributed by atoms with Gasteiger partial charge in [0.05, 0.1) is 4.92 Å². The van der Waals surface area contributed by atoms with E-state index in [9.17, 15) is 10.1 Å². The van der Waals surface area contributed by atoms with Gasteiger partial charge in [0.25, 0.3) is 5.69 Å². The highest BCUT2D eigenvalue weighted by Crippen LogP contribution is 2.18. The number of rotatable bonds is 6. The highest BCUT2D eigenvalue weighted by molar-refractivity contribution is 5.40. The van der Waals surface area contributed by atoms with E-state index in [-0.39, 0.29) is 11.1 Å². The maximum absolute atomic E-state index is 10.5. The molecule has 0 bridgehead atoms. The first-order valence-corrected chi connectivity index (χ1v) is 5.79. The second-order valence-electron chi connectivity index (χ2n) is 5.41. The van der Waals surface area contributed by atoms with Crippen molar-refractivity contribution in [1.29, 1.82) is 0 Å². The van der Waals surface area contributed by atoms with Crippen LogP contribution in [0.5, 0.6) is 0 Å². The zero-order valence-corrected chi connectivity index (χ0v) is 11.3. The third-order valence-electron chi connectivity index (χ3n) is 2.45. The van der Waals surface area contributed by atoms with Gasteiger partial charge in [-0.2, -0.15) is 0 Å². The monoisotopic (exact) mass is 252 g/mol. The highest BCUT2D eigenvalue weighted by atomic mass is 16.6. The maximum atomic E-state index is 10.5. The van der Waals surface area contributed by atoms with E-state index in [0.29, 0.717) is 5.82 Å². The molecule has 0 saturated carbocycles. The van der Waals surface area contributed by atoms with Crippen LogP contribution in [-0.2, 0) is 0 Å². The van der Waals surface area contributed by atoms with Crippen molar-refractivity contribution in [2.24, 2.45) is 5.41 Å². The van der Waals surface area contributed by atoms with Crippen LogP contribution in [0, 0.1) is 15.5 Å². The lowest BCUT2D eigenvalue weighted by molar-refractivity contribution is -0.385. The average molecular weight is 252 g/mol. The van der Waals surface area contributed by atoms with Gasteiger partial charge in [0, 0.05) is 19.2 Å². The predicted molar refractivity (Wildman–Crippen MR) is 71.7 cm³/mol. The third kappa shape index (κ3) is 4.67. The third-order valence-corrected chi connectivity index (χ3v) is 2.45. The summed E-state index contributed by atoms with van der Waals surface area (Å²) in [6, 6.07) is 3.08. The van der Waals surface area contributed by atoms with Gasteiger partial charge in [0.2, 0.25) is 0 Å². The van der Waals surface area contributed by atoms with Gasteiger partial charge in [-0.15, -0.1) is 0 Å². The van der Waals surface area contributed by atoms with Crippen molar-refractivity contribution in [2.75, 3.05) is 32.5 Å². The molecule has 0 aliphatic carbocycles. The normalized spacial score (nSPS) is 11.6. The van der Waals surface area contributed by atoms with Gasteiger partial charge in [-0.1, -0.05) is 13.8 Å². The van der Waals surface area contributed by atoms with E-state index in [1.807, 2.05) is 14.1 Å². The summed E-state index contributed by atoms with van der Waals surface area (Å²) in [5.74, 6) is 0.660. The molecule has 0 unspecified atom stereocenters. The maximum Gasteiger partial charge on any atom is 0.287 e. The number of nitrogens with zero attached hydrogens (tertiary/aromatic N) is 3. The minimum Gasteiger partial charge on any atom is -0.369 e. The molecule has 0 atom stereocenters.